The molecule has 1 aromatic rings. The Balaban J connectivity index is 2.88. The van der Waals surface area contributed by atoms with Gasteiger partial charge in [0.1, 0.15) is 0 Å². The molecule has 0 bridgehead atoms. The molecule has 1 atom stereocenters. The molecule has 1 rings (SSSR count). The van der Waals surface area contributed by atoms with Crippen LogP contribution in [0.1, 0.15) is 17.3 Å². The van der Waals surface area contributed by atoms with Gasteiger partial charge >= 0.3 is 5.97 Å². The standard InChI is InChI=1S/C10H11ClN2O3/c1-5(9(13)14)16-10(15)7-4-6(11)2-3-8(7)12/h2-5H,12H2,1H3,(H2,13,14). The lowest BCUT2D eigenvalue weighted by atomic mass is 10.2. The van der Waals surface area contributed by atoms with Crippen LogP contribution in [0.25, 0.3) is 0 Å². The summed E-state index contributed by atoms with van der Waals surface area (Å²) in [7, 11) is 0. The van der Waals surface area contributed by atoms with Gasteiger partial charge in [-0.1, -0.05) is 11.6 Å². The molecule has 0 saturated carbocycles. The third-order valence-corrected chi connectivity index (χ3v) is 2.15. The van der Waals surface area contributed by atoms with Crippen molar-refractivity contribution in [2.45, 2.75) is 13.0 Å². The number of hydrogen-bond acceptors (Lipinski definition) is 4. The van der Waals surface area contributed by atoms with Crippen LogP contribution < -0.4 is 11.5 Å². The lowest BCUT2D eigenvalue weighted by Crippen LogP contribution is -2.30. The number of hydrogen-bond donors (Lipinski definition) is 2. The molecule has 0 aliphatic rings. The maximum Gasteiger partial charge on any atom is 0.341 e. The Bertz CT molecular complexity index is 434. The number of esters is 1. The minimum absolute atomic E-state index is 0.112. The molecule has 0 aliphatic carbocycles. The summed E-state index contributed by atoms with van der Waals surface area (Å²) in [6.07, 6.45) is -1.01. The van der Waals surface area contributed by atoms with Crippen LogP contribution in [-0.2, 0) is 9.53 Å². The number of carbonyl (C=O) groups excluding carboxylic acids is 2. The monoisotopic (exact) mass is 242 g/mol. The zero-order valence-electron chi connectivity index (χ0n) is 8.57. The summed E-state index contributed by atoms with van der Waals surface area (Å²) < 4.78 is 4.78. The Morgan fingerprint density at radius 3 is 2.62 bits per heavy atom. The van der Waals surface area contributed by atoms with Crippen molar-refractivity contribution in [2.75, 3.05) is 5.73 Å². The number of anilines is 1. The second-order valence-corrected chi connectivity index (χ2v) is 3.62. The summed E-state index contributed by atoms with van der Waals surface area (Å²) >= 11 is 5.71. The first kappa shape index (κ1) is 12.3. The largest absolute Gasteiger partial charge is 0.449 e. The lowest BCUT2D eigenvalue weighted by Gasteiger charge is -2.10. The van der Waals surface area contributed by atoms with Crippen molar-refractivity contribution in [1.82, 2.24) is 0 Å². The van der Waals surface area contributed by atoms with Crippen LogP contribution in [0.5, 0.6) is 0 Å². The number of primary amides is 1. The molecule has 0 fully saturated rings. The third-order valence-electron chi connectivity index (χ3n) is 1.92. The van der Waals surface area contributed by atoms with Crippen LogP contribution in [0.15, 0.2) is 18.2 Å². The fraction of sp³-hybridized carbons (Fsp3) is 0.200. The van der Waals surface area contributed by atoms with E-state index in [0.29, 0.717) is 5.02 Å². The summed E-state index contributed by atoms with van der Waals surface area (Å²) in [5, 5.41) is 0.355. The van der Waals surface area contributed by atoms with Crippen molar-refractivity contribution in [2.24, 2.45) is 5.73 Å². The Morgan fingerprint density at radius 2 is 2.06 bits per heavy atom. The molecule has 4 N–H and O–H groups in total. The zero-order chi connectivity index (χ0) is 12.3. The van der Waals surface area contributed by atoms with Crippen molar-refractivity contribution in [3.63, 3.8) is 0 Å². The summed E-state index contributed by atoms with van der Waals surface area (Å²) in [4.78, 5) is 22.3. The molecule has 0 heterocycles. The quantitative estimate of drug-likeness (QED) is 0.609. The SMILES string of the molecule is CC(OC(=O)c1cc(Cl)ccc1N)C(N)=O. The molecule has 0 aliphatic heterocycles. The van der Waals surface area contributed by atoms with Crippen molar-refractivity contribution in [3.8, 4) is 0 Å². The minimum Gasteiger partial charge on any atom is -0.449 e. The second kappa shape index (κ2) is 4.85. The average Bonchev–Trinajstić information content (AvgIpc) is 2.21. The van der Waals surface area contributed by atoms with Crippen LogP contribution in [0, 0.1) is 0 Å². The second-order valence-electron chi connectivity index (χ2n) is 3.18. The van der Waals surface area contributed by atoms with Crippen molar-refractivity contribution in [3.05, 3.63) is 28.8 Å². The molecule has 86 valence electrons. The van der Waals surface area contributed by atoms with Crippen LogP contribution >= 0.6 is 11.6 Å². The first-order valence-electron chi connectivity index (χ1n) is 4.47. The Morgan fingerprint density at radius 1 is 1.44 bits per heavy atom. The van der Waals surface area contributed by atoms with Gasteiger partial charge in [-0.25, -0.2) is 4.79 Å². The van der Waals surface area contributed by atoms with E-state index in [1.54, 1.807) is 6.07 Å². The summed E-state index contributed by atoms with van der Waals surface area (Å²) in [6, 6.07) is 4.39. The Hall–Kier alpha value is -1.75. The van der Waals surface area contributed by atoms with Gasteiger partial charge in [0.15, 0.2) is 6.10 Å². The van der Waals surface area contributed by atoms with E-state index in [4.69, 9.17) is 27.8 Å². The number of rotatable bonds is 3. The first-order chi connectivity index (χ1) is 7.41. The predicted molar refractivity (Wildman–Crippen MR) is 59.9 cm³/mol. The first-order valence-corrected chi connectivity index (χ1v) is 4.85. The van der Waals surface area contributed by atoms with E-state index in [1.807, 2.05) is 0 Å². The van der Waals surface area contributed by atoms with Crippen molar-refractivity contribution in [1.29, 1.82) is 0 Å². The van der Waals surface area contributed by atoms with Gasteiger partial charge in [0.2, 0.25) is 0 Å². The maximum atomic E-state index is 11.6. The molecular weight excluding hydrogens is 232 g/mol. The van der Waals surface area contributed by atoms with Gasteiger partial charge in [0.25, 0.3) is 5.91 Å². The van der Waals surface area contributed by atoms with Gasteiger partial charge in [0.05, 0.1) is 5.56 Å². The summed E-state index contributed by atoms with van der Waals surface area (Å²) in [5.41, 5.74) is 10.9. The number of nitrogens with two attached hydrogens (primary N) is 2. The van der Waals surface area contributed by atoms with Crippen LogP contribution in [0.4, 0.5) is 5.69 Å². The van der Waals surface area contributed by atoms with Gasteiger partial charge in [-0.15, -0.1) is 0 Å². The average molecular weight is 243 g/mol. The number of nitrogen functional groups attached to an aromatic ring is 1. The molecule has 1 aromatic carbocycles. The smallest absolute Gasteiger partial charge is 0.341 e. The van der Waals surface area contributed by atoms with Gasteiger partial charge < -0.3 is 16.2 Å². The molecule has 1 amide bonds. The molecule has 0 aromatic heterocycles. The molecule has 16 heavy (non-hydrogen) atoms. The minimum atomic E-state index is -1.01. The van der Waals surface area contributed by atoms with Crippen LogP contribution in [0.3, 0.4) is 0 Å². The molecule has 0 spiro atoms. The van der Waals surface area contributed by atoms with E-state index >= 15 is 0 Å². The van der Waals surface area contributed by atoms with Crippen molar-refractivity contribution >= 4 is 29.2 Å². The number of halogens is 1. The molecular formula is C10H11ClN2O3. The van der Waals surface area contributed by atoms with E-state index in [-0.39, 0.29) is 11.3 Å². The van der Waals surface area contributed by atoms with Crippen molar-refractivity contribution < 1.29 is 14.3 Å². The van der Waals surface area contributed by atoms with E-state index in [9.17, 15) is 9.59 Å². The fourth-order valence-electron chi connectivity index (χ4n) is 0.987. The highest BCUT2D eigenvalue weighted by Gasteiger charge is 2.18. The van der Waals surface area contributed by atoms with Gasteiger partial charge in [0, 0.05) is 10.7 Å². The van der Waals surface area contributed by atoms with E-state index < -0.39 is 18.0 Å². The fourth-order valence-corrected chi connectivity index (χ4v) is 1.16. The van der Waals surface area contributed by atoms with Gasteiger partial charge in [-0.05, 0) is 25.1 Å². The highest BCUT2D eigenvalue weighted by molar-refractivity contribution is 6.31. The molecule has 1 unspecified atom stereocenters. The number of amides is 1. The molecule has 6 heteroatoms. The van der Waals surface area contributed by atoms with E-state index in [1.165, 1.54) is 19.1 Å². The lowest BCUT2D eigenvalue weighted by molar-refractivity contribution is -0.125. The Kier molecular flexibility index (Phi) is 3.73. The summed E-state index contributed by atoms with van der Waals surface area (Å²) in [6.45, 7) is 1.38. The third kappa shape index (κ3) is 2.87. The van der Waals surface area contributed by atoms with Gasteiger partial charge in [-0.3, -0.25) is 4.79 Å². The maximum absolute atomic E-state index is 11.6. The number of benzene rings is 1. The zero-order valence-corrected chi connectivity index (χ0v) is 9.32. The topological polar surface area (TPSA) is 95.4 Å². The van der Waals surface area contributed by atoms with E-state index in [0.717, 1.165) is 0 Å². The molecule has 0 saturated heterocycles. The van der Waals surface area contributed by atoms with Crippen LogP contribution in [0.2, 0.25) is 5.02 Å². The molecule has 5 nitrogen and oxygen atoms in total. The number of ether oxygens (including phenoxy) is 1. The normalized spacial score (nSPS) is 11.9. The Labute approximate surface area is 97.3 Å². The summed E-state index contributed by atoms with van der Waals surface area (Å²) in [5.74, 6) is -1.46. The van der Waals surface area contributed by atoms with Crippen LogP contribution in [-0.4, -0.2) is 18.0 Å². The highest BCUT2D eigenvalue weighted by Crippen LogP contribution is 2.19. The number of carbonyl (C=O) groups is 2. The predicted octanol–water partition coefficient (Wildman–Crippen LogP) is 0.953. The highest BCUT2D eigenvalue weighted by atomic mass is 35.5. The van der Waals surface area contributed by atoms with Gasteiger partial charge in [-0.2, -0.15) is 0 Å². The molecule has 0 radical (unpaired) electrons. The van der Waals surface area contributed by atoms with E-state index in [2.05, 4.69) is 0 Å².